The second kappa shape index (κ2) is 10.3. The SMILES string of the molecule is COc1cccc(O)c1/C([O-])=C/C=C1C=CC=C1.[Fe+2].c1cc[cH-]c1. The topological polar surface area (TPSA) is 52.5 Å². The zero-order valence-electron chi connectivity index (χ0n) is 13.2. The maximum atomic E-state index is 12.0. The molecule has 124 valence electrons. The molecular formula is C20H18FeO3. The molecule has 0 spiro atoms. The number of hydrogen-bond donors (Lipinski definition) is 1. The van der Waals surface area contributed by atoms with Gasteiger partial charge in [0.1, 0.15) is 11.5 Å². The van der Waals surface area contributed by atoms with Crippen LogP contribution in [0.15, 0.2) is 90.6 Å². The van der Waals surface area contributed by atoms with Crippen LogP contribution in [-0.4, -0.2) is 12.2 Å². The molecule has 1 N–H and O–H groups in total. The fourth-order valence-corrected chi connectivity index (χ4v) is 2.01. The zero-order chi connectivity index (χ0) is 16.5. The Balaban J connectivity index is 0.000000412. The van der Waals surface area contributed by atoms with Crippen LogP contribution in [0.5, 0.6) is 11.5 Å². The molecule has 4 heteroatoms. The van der Waals surface area contributed by atoms with Gasteiger partial charge in [-0.15, -0.1) is 0 Å². The van der Waals surface area contributed by atoms with Crippen LogP contribution in [0.3, 0.4) is 0 Å². The summed E-state index contributed by atoms with van der Waals surface area (Å²) in [6, 6.07) is 14.7. The second-order valence-corrected chi connectivity index (χ2v) is 4.73. The summed E-state index contributed by atoms with van der Waals surface area (Å²) in [5.74, 6) is 0.00446. The minimum absolute atomic E-state index is 0. The number of aromatic hydroxyl groups is 1. The van der Waals surface area contributed by atoms with Gasteiger partial charge in [-0.1, -0.05) is 48.3 Å². The molecule has 1 aliphatic carbocycles. The first-order valence-electron chi connectivity index (χ1n) is 7.19. The first-order valence-corrected chi connectivity index (χ1v) is 7.19. The molecule has 0 amide bonds. The fourth-order valence-electron chi connectivity index (χ4n) is 2.01. The van der Waals surface area contributed by atoms with E-state index in [0.29, 0.717) is 5.75 Å². The summed E-state index contributed by atoms with van der Waals surface area (Å²) in [5.41, 5.74) is 1.13. The first kappa shape index (κ1) is 19.5. The van der Waals surface area contributed by atoms with Gasteiger partial charge in [-0.25, -0.2) is 12.1 Å². The van der Waals surface area contributed by atoms with Gasteiger partial charge in [0.2, 0.25) is 0 Å². The van der Waals surface area contributed by atoms with Gasteiger partial charge in [0.25, 0.3) is 0 Å². The number of benzene rings is 1. The predicted octanol–water partition coefficient (Wildman–Crippen LogP) is 3.56. The largest absolute Gasteiger partial charge is 2.00 e. The molecule has 2 aromatic rings. The Morgan fingerprint density at radius 1 is 1.12 bits per heavy atom. The smallest absolute Gasteiger partial charge is 0.872 e. The van der Waals surface area contributed by atoms with Crippen molar-refractivity contribution in [2.45, 2.75) is 0 Å². The van der Waals surface area contributed by atoms with Gasteiger partial charge in [0.05, 0.1) is 12.7 Å². The van der Waals surface area contributed by atoms with Gasteiger partial charge in [0, 0.05) is 0 Å². The van der Waals surface area contributed by atoms with Gasteiger partial charge in [-0.05, 0) is 17.7 Å². The maximum Gasteiger partial charge on any atom is 2.00 e. The minimum atomic E-state index is -0.286. The number of phenolic OH excluding ortho intramolecular Hbond substituents is 1. The summed E-state index contributed by atoms with van der Waals surface area (Å²) in [5, 5.41) is 21.7. The Hall–Kier alpha value is -2.55. The third kappa shape index (κ3) is 5.58. The molecular weight excluding hydrogens is 344 g/mol. The van der Waals surface area contributed by atoms with Gasteiger partial charge in [0.15, 0.2) is 0 Å². The molecule has 0 atom stereocenters. The van der Waals surface area contributed by atoms with Crippen molar-refractivity contribution in [3.63, 3.8) is 0 Å². The quantitative estimate of drug-likeness (QED) is 0.516. The standard InChI is InChI=1S/C15H14O3.C5H5.Fe/c1-18-14-8-4-7-12(16)15(14)13(17)10-9-11-5-2-3-6-11;1-2-4-5-3-1;/h2-10,16-17H,1H3;1-5H;/q;-1;+2/p-1/b13-10-;;. The number of methoxy groups -OCH3 is 1. The van der Waals surface area contributed by atoms with Gasteiger partial charge in [-0.2, -0.15) is 18.2 Å². The van der Waals surface area contributed by atoms with Crippen molar-refractivity contribution in [2.24, 2.45) is 0 Å². The number of hydrogen-bond acceptors (Lipinski definition) is 3. The van der Waals surface area contributed by atoms with Crippen LogP contribution in [0.25, 0.3) is 5.76 Å². The molecule has 0 heterocycles. The minimum Gasteiger partial charge on any atom is -0.872 e. The van der Waals surface area contributed by atoms with E-state index < -0.39 is 0 Å². The van der Waals surface area contributed by atoms with Crippen molar-refractivity contribution in [1.82, 2.24) is 0 Å². The van der Waals surface area contributed by atoms with E-state index in [9.17, 15) is 10.2 Å². The van der Waals surface area contributed by atoms with Gasteiger partial charge in [-0.3, -0.25) is 0 Å². The van der Waals surface area contributed by atoms with Crippen molar-refractivity contribution in [3.05, 3.63) is 96.1 Å². The molecule has 0 fully saturated rings. The van der Waals surface area contributed by atoms with Crippen LogP contribution in [0, 0.1) is 0 Å². The van der Waals surface area contributed by atoms with Crippen LogP contribution in [0.4, 0.5) is 0 Å². The summed E-state index contributed by atoms with van der Waals surface area (Å²) in [7, 11) is 1.46. The maximum absolute atomic E-state index is 12.0. The molecule has 3 rings (SSSR count). The van der Waals surface area contributed by atoms with E-state index in [1.54, 1.807) is 18.2 Å². The van der Waals surface area contributed by atoms with Crippen LogP contribution in [0.2, 0.25) is 0 Å². The monoisotopic (exact) mass is 362 g/mol. The molecule has 1 aliphatic rings. The average Bonchev–Trinajstić information content (AvgIpc) is 3.28. The summed E-state index contributed by atoms with van der Waals surface area (Å²) < 4.78 is 5.07. The molecule has 24 heavy (non-hydrogen) atoms. The normalized spacial score (nSPS) is 12.2. The van der Waals surface area contributed by atoms with E-state index in [1.165, 1.54) is 19.3 Å². The Morgan fingerprint density at radius 2 is 1.79 bits per heavy atom. The number of rotatable bonds is 3. The Morgan fingerprint density at radius 3 is 2.33 bits per heavy atom. The van der Waals surface area contributed by atoms with Crippen LogP contribution < -0.4 is 9.84 Å². The summed E-state index contributed by atoms with van der Waals surface area (Å²) in [4.78, 5) is 0. The van der Waals surface area contributed by atoms with Crippen molar-refractivity contribution in [3.8, 4) is 11.5 Å². The third-order valence-electron chi connectivity index (χ3n) is 3.14. The Labute approximate surface area is 152 Å². The van der Waals surface area contributed by atoms with Crippen molar-refractivity contribution in [2.75, 3.05) is 7.11 Å². The van der Waals surface area contributed by atoms with Gasteiger partial charge >= 0.3 is 17.1 Å². The molecule has 2 aromatic carbocycles. The molecule has 0 radical (unpaired) electrons. The zero-order valence-corrected chi connectivity index (χ0v) is 14.3. The Kier molecular flexibility index (Phi) is 8.34. The van der Waals surface area contributed by atoms with Crippen LogP contribution in [0.1, 0.15) is 5.56 Å². The predicted molar refractivity (Wildman–Crippen MR) is 91.0 cm³/mol. The third-order valence-corrected chi connectivity index (χ3v) is 3.14. The van der Waals surface area contributed by atoms with E-state index in [0.717, 1.165) is 5.57 Å². The fraction of sp³-hybridized carbons (Fsp3) is 0.0500. The summed E-state index contributed by atoms with van der Waals surface area (Å²) in [6.45, 7) is 0. The molecule has 0 bridgehead atoms. The van der Waals surface area contributed by atoms with Crippen molar-refractivity contribution < 1.29 is 32.0 Å². The average molecular weight is 362 g/mol. The second-order valence-electron chi connectivity index (χ2n) is 4.73. The molecule has 0 aromatic heterocycles. The molecule has 0 aliphatic heterocycles. The summed E-state index contributed by atoms with van der Waals surface area (Å²) in [6.07, 6.45) is 10.7. The molecule has 0 unspecified atom stereocenters. The van der Waals surface area contributed by atoms with E-state index in [-0.39, 0.29) is 34.1 Å². The van der Waals surface area contributed by atoms with Crippen LogP contribution in [-0.2, 0) is 17.1 Å². The van der Waals surface area contributed by atoms with Crippen LogP contribution >= 0.6 is 0 Å². The molecule has 0 saturated carbocycles. The molecule has 0 saturated heterocycles. The van der Waals surface area contributed by atoms with E-state index in [1.807, 2.05) is 54.6 Å². The molecule has 3 nitrogen and oxygen atoms in total. The van der Waals surface area contributed by atoms with Crippen molar-refractivity contribution in [1.29, 1.82) is 0 Å². The van der Waals surface area contributed by atoms with Gasteiger partial charge < -0.3 is 14.9 Å². The van der Waals surface area contributed by atoms with Crippen molar-refractivity contribution >= 4 is 5.76 Å². The van der Waals surface area contributed by atoms with E-state index >= 15 is 0 Å². The summed E-state index contributed by atoms with van der Waals surface area (Å²) >= 11 is 0. The first-order chi connectivity index (χ1) is 11.2. The Bertz CT molecular complexity index is 707. The number of phenols is 1. The van der Waals surface area contributed by atoms with E-state index in [2.05, 4.69) is 0 Å². The van der Waals surface area contributed by atoms with E-state index in [4.69, 9.17) is 4.74 Å². The number of ether oxygens (including phenoxy) is 1. The number of allylic oxidation sites excluding steroid dienone is 7.